The first-order chi connectivity index (χ1) is 6.15. The fraction of sp³-hybridized carbons (Fsp3) is 0.636. The van der Waals surface area contributed by atoms with E-state index in [2.05, 4.69) is 44.2 Å². The van der Waals surface area contributed by atoms with Crippen molar-refractivity contribution < 1.29 is 0 Å². The van der Waals surface area contributed by atoms with E-state index >= 15 is 0 Å². The molecule has 1 aliphatic carbocycles. The van der Waals surface area contributed by atoms with Crippen molar-refractivity contribution in [2.75, 3.05) is 13.3 Å². The fourth-order valence-electron chi connectivity index (χ4n) is 1.40. The summed E-state index contributed by atoms with van der Waals surface area (Å²) in [5.41, 5.74) is 1.47. The van der Waals surface area contributed by atoms with Gasteiger partial charge in [-0.3, -0.25) is 0 Å². The lowest BCUT2D eigenvalue weighted by molar-refractivity contribution is 0.331. The van der Waals surface area contributed by atoms with E-state index < -0.39 is 0 Å². The summed E-state index contributed by atoms with van der Waals surface area (Å²) in [7, 11) is 2.18. The van der Waals surface area contributed by atoms with Gasteiger partial charge in [-0.2, -0.15) is 0 Å². The van der Waals surface area contributed by atoms with E-state index in [9.17, 15) is 0 Å². The molecule has 2 heteroatoms. The first kappa shape index (κ1) is 10.7. The number of rotatable bonds is 3. The summed E-state index contributed by atoms with van der Waals surface area (Å²) in [6.45, 7) is 4.46. The Hall–Kier alpha value is -0.370. The highest BCUT2D eigenvalue weighted by Crippen LogP contribution is 2.27. The van der Waals surface area contributed by atoms with Gasteiger partial charge in [-0.05, 0) is 43.9 Å². The highest BCUT2D eigenvalue weighted by molar-refractivity contribution is 8.02. The van der Waals surface area contributed by atoms with E-state index in [4.69, 9.17) is 0 Å². The zero-order valence-corrected chi connectivity index (χ0v) is 9.82. The number of hydrogen-bond donors (Lipinski definition) is 0. The van der Waals surface area contributed by atoms with Crippen LogP contribution in [0.25, 0.3) is 0 Å². The van der Waals surface area contributed by atoms with Gasteiger partial charge < -0.3 is 4.90 Å². The normalized spacial score (nSPS) is 17.0. The molecular formula is C11H19NS. The van der Waals surface area contributed by atoms with Crippen molar-refractivity contribution in [3.8, 4) is 0 Å². The SMILES string of the molecule is CSC1=CC=C(N(C)C(C)C)CC1. The number of nitrogens with zero attached hydrogens (tertiary/aromatic N) is 1. The summed E-state index contributed by atoms with van der Waals surface area (Å²) in [4.78, 5) is 3.86. The first-order valence-electron chi connectivity index (χ1n) is 4.81. The van der Waals surface area contributed by atoms with Gasteiger partial charge in [0.25, 0.3) is 0 Å². The van der Waals surface area contributed by atoms with Crippen molar-refractivity contribution in [3.63, 3.8) is 0 Å². The Morgan fingerprint density at radius 2 is 2.00 bits per heavy atom. The van der Waals surface area contributed by atoms with Crippen LogP contribution < -0.4 is 0 Å². The molecule has 0 aromatic carbocycles. The molecule has 0 saturated carbocycles. The highest BCUT2D eigenvalue weighted by Gasteiger charge is 2.11. The number of thioether (sulfide) groups is 1. The van der Waals surface area contributed by atoms with Gasteiger partial charge in [-0.15, -0.1) is 11.8 Å². The van der Waals surface area contributed by atoms with Gasteiger partial charge in [0.2, 0.25) is 0 Å². The molecule has 0 aliphatic heterocycles. The number of allylic oxidation sites excluding steroid dienone is 4. The Bertz CT molecular complexity index is 228. The standard InChI is InChI=1S/C11H19NS/c1-9(2)12(3)10-5-7-11(13-4)8-6-10/h5,7,9H,6,8H2,1-4H3. The minimum Gasteiger partial charge on any atom is -0.375 e. The molecule has 0 N–H and O–H groups in total. The predicted molar refractivity (Wildman–Crippen MR) is 61.8 cm³/mol. The van der Waals surface area contributed by atoms with Crippen LogP contribution in [0.1, 0.15) is 26.7 Å². The van der Waals surface area contributed by atoms with Crippen molar-refractivity contribution in [3.05, 3.63) is 22.8 Å². The summed E-state index contributed by atoms with van der Waals surface area (Å²) in [6.07, 6.45) is 9.07. The van der Waals surface area contributed by atoms with E-state index in [-0.39, 0.29) is 0 Å². The average molecular weight is 197 g/mol. The predicted octanol–water partition coefficient (Wildman–Crippen LogP) is 3.25. The topological polar surface area (TPSA) is 3.24 Å². The zero-order valence-electron chi connectivity index (χ0n) is 9.00. The van der Waals surface area contributed by atoms with Crippen LogP contribution in [0.5, 0.6) is 0 Å². The Labute approximate surface area is 85.9 Å². The second-order valence-corrected chi connectivity index (χ2v) is 4.63. The molecule has 0 unspecified atom stereocenters. The minimum atomic E-state index is 0.607. The molecule has 0 aromatic rings. The quantitative estimate of drug-likeness (QED) is 0.683. The van der Waals surface area contributed by atoms with Crippen molar-refractivity contribution >= 4 is 11.8 Å². The number of hydrogen-bond acceptors (Lipinski definition) is 2. The molecule has 0 radical (unpaired) electrons. The first-order valence-corrected chi connectivity index (χ1v) is 6.04. The molecule has 13 heavy (non-hydrogen) atoms. The van der Waals surface area contributed by atoms with E-state index in [1.54, 1.807) is 0 Å². The lowest BCUT2D eigenvalue weighted by Gasteiger charge is -2.28. The fourth-order valence-corrected chi connectivity index (χ4v) is 1.91. The molecule has 1 aliphatic rings. The largest absolute Gasteiger partial charge is 0.375 e. The third-order valence-corrected chi connectivity index (χ3v) is 3.44. The van der Waals surface area contributed by atoms with Crippen molar-refractivity contribution in [1.82, 2.24) is 4.90 Å². The Kier molecular flexibility index (Phi) is 3.91. The molecule has 0 aromatic heterocycles. The van der Waals surface area contributed by atoms with Crippen LogP contribution in [0, 0.1) is 0 Å². The van der Waals surface area contributed by atoms with Crippen LogP contribution >= 0.6 is 11.8 Å². The third-order valence-electron chi connectivity index (χ3n) is 2.58. The molecule has 0 fully saturated rings. The van der Waals surface area contributed by atoms with Gasteiger partial charge in [-0.25, -0.2) is 0 Å². The van der Waals surface area contributed by atoms with Crippen LogP contribution in [0.15, 0.2) is 22.8 Å². The van der Waals surface area contributed by atoms with Crippen LogP contribution in [-0.2, 0) is 0 Å². The Balaban J connectivity index is 2.64. The molecule has 74 valence electrons. The van der Waals surface area contributed by atoms with Gasteiger partial charge in [-0.1, -0.05) is 6.08 Å². The van der Waals surface area contributed by atoms with Gasteiger partial charge in [0, 0.05) is 18.8 Å². The van der Waals surface area contributed by atoms with Crippen LogP contribution in [0.4, 0.5) is 0 Å². The molecule has 1 nitrogen and oxygen atoms in total. The maximum Gasteiger partial charge on any atom is 0.0227 e. The van der Waals surface area contributed by atoms with Crippen LogP contribution in [0.2, 0.25) is 0 Å². The highest BCUT2D eigenvalue weighted by atomic mass is 32.2. The molecule has 0 atom stereocenters. The maximum absolute atomic E-state index is 2.35. The Morgan fingerprint density at radius 1 is 1.31 bits per heavy atom. The van der Waals surface area contributed by atoms with Gasteiger partial charge >= 0.3 is 0 Å². The smallest absolute Gasteiger partial charge is 0.0227 e. The molecule has 1 rings (SSSR count). The molecule has 0 bridgehead atoms. The summed E-state index contributed by atoms with van der Waals surface area (Å²) in [6, 6.07) is 0.607. The van der Waals surface area contributed by atoms with E-state index in [1.807, 2.05) is 11.8 Å². The van der Waals surface area contributed by atoms with Crippen molar-refractivity contribution in [1.29, 1.82) is 0 Å². The third kappa shape index (κ3) is 2.80. The molecule has 0 spiro atoms. The van der Waals surface area contributed by atoms with Crippen molar-refractivity contribution in [2.24, 2.45) is 0 Å². The van der Waals surface area contributed by atoms with Crippen LogP contribution in [0.3, 0.4) is 0 Å². The summed E-state index contributed by atoms with van der Waals surface area (Å²) >= 11 is 1.87. The van der Waals surface area contributed by atoms with Crippen LogP contribution in [-0.4, -0.2) is 24.2 Å². The maximum atomic E-state index is 2.35. The molecular weight excluding hydrogens is 178 g/mol. The molecule has 0 heterocycles. The lowest BCUT2D eigenvalue weighted by Crippen LogP contribution is -2.26. The van der Waals surface area contributed by atoms with E-state index in [1.165, 1.54) is 23.4 Å². The summed E-state index contributed by atoms with van der Waals surface area (Å²) in [5, 5.41) is 0. The minimum absolute atomic E-state index is 0.607. The van der Waals surface area contributed by atoms with E-state index in [0.717, 1.165) is 0 Å². The molecule has 0 amide bonds. The second kappa shape index (κ2) is 4.75. The van der Waals surface area contributed by atoms with Gasteiger partial charge in [0.15, 0.2) is 0 Å². The Morgan fingerprint density at radius 3 is 2.38 bits per heavy atom. The summed E-state index contributed by atoms with van der Waals surface area (Å²) in [5.74, 6) is 0. The zero-order chi connectivity index (χ0) is 9.84. The monoisotopic (exact) mass is 197 g/mol. The average Bonchev–Trinajstić information content (AvgIpc) is 2.17. The van der Waals surface area contributed by atoms with Gasteiger partial charge in [0.05, 0.1) is 0 Å². The second-order valence-electron chi connectivity index (χ2n) is 3.70. The van der Waals surface area contributed by atoms with E-state index in [0.29, 0.717) is 6.04 Å². The van der Waals surface area contributed by atoms with Crippen molar-refractivity contribution in [2.45, 2.75) is 32.7 Å². The summed E-state index contributed by atoms with van der Waals surface area (Å²) < 4.78 is 0. The molecule has 0 saturated heterocycles. The lowest BCUT2D eigenvalue weighted by atomic mass is 10.1. The van der Waals surface area contributed by atoms with Gasteiger partial charge in [0.1, 0.15) is 0 Å².